The zero-order chi connectivity index (χ0) is 6.41. The molecule has 2 nitrogen and oxygen atoms in total. The molecular formula is C6H12NO. The molecule has 0 saturated heterocycles. The van der Waals surface area contributed by atoms with Crippen molar-refractivity contribution in [2.24, 2.45) is 5.92 Å². The van der Waals surface area contributed by atoms with Crippen LogP contribution in [0.4, 0.5) is 0 Å². The smallest absolute Gasteiger partial charge is 0.213 e. The van der Waals surface area contributed by atoms with Gasteiger partial charge in [0.1, 0.15) is 0 Å². The molecule has 0 aliphatic carbocycles. The SMILES string of the molecule is CC(C)CNC[C]=O. The minimum atomic E-state index is 0.359. The number of carbonyl (C=O) groups excluding carboxylic acids is 1. The first-order valence-corrected chi connectivity index (χ1v) is 2.83. The predicted molar refractivity (Wildman–Crippen MR) is 33.4 cm³/mol. The van der Waals surface area contributed by atoms with E-state index in [0.29, 0.717) is 12.5 Å². The highest BCUT2D eigenvalue weighted by Gasteiger charge is 1.89. The molecule has 8 heavy (non-hydrogen) atoms. The van der Waals surface area contributed by atoms with Crippen molar-refractivity contribution in [2.45, 2.75) is 13.8 Å². The summed E-state index contributed by atoms with van der Waals surface area (Å²) in [5.74, 6) is 0.614. The molecule has 0 rings (SSSR count). The van der Waals surface area contributed by atoms with Gasteiger partial charge in [-0.15, -0.1) is 0 Å². The van der Waals surface area contributed by atoms with Crippen LogP contribution in [0.5, 0.6) is 0 Å². The van der Waals surface area contributed by atoms with E-state index in [-0.39, 0.29) is 0 Å². The summed E-state index contributed by atoms with van der Waals surface area (Å²) in [6.07, 6.45) is 1.76. The highest BCUT2D eigenvalue weighted by atomic mass is 16.1. The molecule has 0 heterocycles. The van der Waals surface area contributed by atoms with Crippen LogP contribution in [0.1, 0.15) is 13.8 Å². The highest BCUT2D eigenvalue weighted by molar-refractivity contribution is 5.52. The maximum atomic E-state index is 9.60. The Labute approximate surface area is 50.3 Å². The zero-order valence-electron chi connectivity index (χ0n) is 5.40. The lowest BCUT2D eigenvalue weighted by Crippen LogP contribution is -2.21. The molecule has 0 spiro atoms. The third-order valence-corrected chi connectivity index (χ3v) is 0.750. The molecule has 0 aliphatic rings. The number of rotatable bonds is 4. The maximum absolute atomic E-state index is 9.60. The summed E-state index contributed by atoms with van der Waals surface area (Å²) in [7, 11) is 0. The van der Waals surface area contributed by atoms with Crippen LogP contribution in [0.2, 0.25) is 0 Å². The number of hydrogen-bond acceptors (Lipinski definition) is 2. The second kappa shape index (κ2) is 4.78. The first kappa shape index (κ1) is 7.63. The topological polar surface area (TPSA) is 29.1 Å². The Bertz CT molecular complexity index is 61.5. The van der Waals surface area contributed by atoms with Crippen molar-refractivity contribution < 1.29 is 4.79 Å². The fourth-order valence-corrected chi connectivity index (χ4v) is 0.412. The summed E-state index contributed by atoms with van der Waals surface area (Å²) >= 11 is 0. The third-order valence-electron chi connectivity index (χ3n) is 0.750. The average molecular weight is 114 g/mol. The summed E-state index contributed by atoms with van der Waals surface area (Å²) in [5, 5.41) is 2.91. The van der Waals surface area contributed by atoms with Gasteiger partial charge in [0.05, 0.1) is 6.54 Å². The van der Waals surface area contributed by atoms with Gasteiger partial charge in [0.15, 0.2) is 0 Å². The van der Waals surface area contributed by atoms with Crippen LogP contribution in [0.25, 0.3) is 0 Å². The summed E-state index contributed by atoms with van der Waals surface area (Å²) in [6.45, 7) is 5.45. The molecule has 47 valence electrons. The zero-order valence-corrected chi connectivity index (χ0v) is 5.40. The lowest BCUT2D eigenvalue weighted by molar-refractivity contribution is 0.534. The van der Waals surface area contributed by atoms with Gasteiger partial charge in [-0.3, -0.25) is 4.79 Å². The summed E-state index contributed by atoms with van der Waals surface area (Å²) in [4.78, 5) is 9.60. The maximum Gasteiger partial charge on any atom is 0.213 e. The highest BCUT2D eigenvalue weighted by Crippen LogP contribution is 1.84. The fraction of sp³-hybridized carbons (Fsp3) is 0.833. The van der Waals surface area contributed by atoms with Crippen LogP contribution >= 0.6 is 0 Å². The van der Waals surface area contributed by atoms with Gasteiger partial charge in [-0.1, -0.05) is 13.8 Å². The number of nitrogens with one attached hydrogen (secondary N) is 1. The van der Waals surface area contributed by atoms with Crippen LogP contribution in [0.3, 0.4) is 0 Å². The van der Waals surface area contributed by atoms with Crippen molar-refractivity contribution in [3.63, 3.8) is 0 Å². The van der Waals surface area contributed by atoms with Crippen LogP contribution in [-0.2, 0) is 4.79 Å². The van der Waals surface area contributed by atoms with Gasteiger partial charge in [-0.2, -0.15) is 0 Å². The minimum absolute atomic E-state index is 0.359. The van der Waals surface area contributed by atoms with Crippen molar-refractivity contribution in [3.05, 3.63) is 0 Å². The van der Waals surface area contributed by atoms with Gasteiger partial charge in [-0.05, 0) is 12.5 Å². The van der Waals surface area contributed by atoms with Gasteiger partial charge in [0.2, 0.25) is 6.29 Å². The molecule has 0 saturated carbocycles. The second-order valence-electron chi connectivity index (χ2n) is 2.17. The van der Waals surface area contributed by atoms with E-state index in [4.69, 9.17) is 0 Å². The third kappa shape index (κ3) is 5.63. The Morgan fingerprint density at radius 3 is 2.62 bits per heavy atom. The predicted octanol–water partition coefficient (Wildman–Crippen LogP) is 0.342. The number of hydrogen-bond donors (Lipinski definition) is 1. The van der Waals surface area contributed by atoms with Crippen molar-refractivity contribution >= 4 is 6.29 Å². The summed E-state index contributed by atoms with van der Waals surface area (Å²) in [6, 6.07) is 0. The monoisotopic (exact) mass is 114 g/mol. The Morgan fingerprint density at radius 2 is 2.25 bits per heavy atom. The van der Waals surface area contributed by atoms with Gasteiger partial charge in [0, 0.05) is 0 Å². The molecule has 0 bridgehead atoms. The van der Waals surface area contributed by atoms with E-state index in [9.17, 15) is 4.79 Å². The van der Waals surface area contributed by atoms with E-state index in [2.05, 4.69) is 19.2 Å². The van der Waals surface area contributed by atoms with Crippen molar-refractivity contribution in [3.8, 4) is 0 Å². The van der Waals surface area contributed by atoms with Crippen molar-refractivity contribution in [2.75, 3.05) is 13.1 Å². The van der Waals surface area contributed by atoms with Gasteiger partial charge in [0.25, 0.3) is 0 Å². The molecule has 0 unspecified atom stereocenters. The molecule has 0 fully saturated rings. The molecule has 0 aromatic heterocycles. The van der Waals surface area contributed by atoms with Crippen LogP contribution in [0.15, 0.2) is 0 Å². The van der Waals surface area contributed by atoms with Gasteiger partial charge >= 0.3 is 0 Å². The molecule has 0 atom stereocenters. The standard InChI is InChI=1S/C6H12NO/c1-6(2)5-7-3-4-8/h6-7H,3,5H2,1-2H3. The second-order valence-corrected chi connectivity index (χ2v) is 2.17. The molecule has 1 radical (unpaired) electrons. The van der Waals surface area contributed by atoms with E-state index in [1.807, 2.05) is 0 Å². The molecule has 2 heteroatoms. The van der Waals surface area contributed by atoms with E-state index >= 15 is 0 Å². The quantitative estimate of drug-likeness (QED) is 0.534. The Kier molecular flexibility index (Phi) is 4.56. The molecule has 0 aliphatic heterocycles. The normalized spacial score (nSPS) is 9.88. The van der Waals surface area contributed by atoms with Gasteiger partial charge < -0.3 is 5.32 Å². The fourth-order valence-electron chi connectivity index (χ4n) is 0.412. The minimum Gasteiger partial charge on any atom is -0.309 e. The Morgan fingerprint density at radius 1 is 1.62 bits per heavy atom. The molecule has 0 amide bonds. The first-order chi connectivity index (χ1) is 3.77. The Balaban J connectivity index is 2.81. The molecule has 1 N–H and O–H groups in total. The molecular weight excluding hydrogens is 102 g/mol. The van der Waals surface area contributed by atoms with E-state index in [1.165, 1.54) is 0 Å². The largest absolute Gasteiger partial charge is 0.309 e. The first-order valence-electron chi connectivity index (χ1n) is 2.83. The van der Waals surface area contributed by atoms with Crippen LogP contribution in [-0.4, -0.2) is 19.4 Å². The van der Waals surface area contributed by atoms with E-state index < -0.39 is 0 Å². The van der Waals surface area contributed by atoms with Crippen molar-refractivity contribution in [1.29, 1.82) is 0 Å². The summed E-state index contributed by atoms with van der Waals surface area (Å²) < 4.78 is 0. The van der Waals surface area contributed by atoms with Crippen LogP contribution in [0, 0.1) is 5.92 Å². The summed E-state index contributed by atoms with van der Waals surface area (Å²) in [5.41, 5.74) is 0. The lowest BCUT2D eigenvalue weighted by atomic mass is 10.2. The Hall–Kier alpha value is -0.370. The van der Waals surface area contributed by atoms with E-state index in [0.717, 1.165) is 6.54 Å². The van der Waals surface area contributed by atoms with Gasteiger partial charge in [-0.25, -0.2) is 0 Å². The molecule has 0 aromatic carbocycles. The van der Waals surface area contributed by atoms with Crippen LogP contribution < -0.4 is 5.32 Å². The molecule has 0 aromatic rings. The lowest BCUT2D eigenvalue weighted by Gasteiger charge is -2.01. The van der Waals surface area contributed by atoms with Crippen molar-refractivity contribution in [1.82, 2.24) is 5.32 Å². The average Bonchev–Trinajstić information content (AvgIpc) is 1.66. The van der Waals surface area contributed by atoms with E-state index in [1.54, 1.807) is 6.29 Å².